The van der Waals surface area contributed by atoms with Crippen LogP contribution in [0.3, 0.4) is 0 Å². The minimum atomic E-state index is -0.234. The molecule has 2 rings (SSSR count). The van der Waals surface area contributed by atoms with Crippen molar-refractivity contribution in [1.82, 2.24) is 5.32 Å². The molecule has 1 aliphatic carbocycles. The van der Waals surface area contributed by atoms with E-state index in [9.17, 15) is 4.79 Å². The van der Waals surface area contributed by atoms with Crippen LogP contribution in [0.15, 0.2) is 18.2 Å². The molecular formula is C14H20N2O3. The van der Waals surface area contributed by atoms with E-state index in [4.69, 9.17) is 15.2 Å². The zero-order chi connectivity index (χ0) is 13.9. The van der Waals surface area contributed by atoms with E-state index in [1.54, 1.807) is 25.3 Å². The molecule has 0 bridgehead atoms. The number of ether oxygens (including phenoxy) is 2. The summed E-state index contributed by atoms with van der Waals surface area (Å²) >= 11 is 0. The van der Waals surface area contributed by atoms with Gasteiger partial charge in [0.15, 0.2) is 11.5 Å². The Labute approximate surface area is 113 Å². The standard InChI is InChI=1S/C14H20N2O3/c1-18-11-6-3-5-10(12(11)19-2)13(17)16-9-14(15)7-4-8-14/h3,5-6H,4,7-9,15H2,1-2H3,(H,16,17). The molecule has 3 N–H and O–H groups in total. The van der Waals surface area contributed by atoms with Crippen molar-refractivity contribution >= 4 is 5.91 Å². The highest BCUT2D eigenvalue weighted by atomic mass is 16.5. The van der Waals surface area contributed by atoms with Crippen LogP contribution in [-0.2, 0) is 0 Å². The molecule has 19 heavy (non-hydrogen) atoms. The topological polar surface area (TPSA) is 73.6 Å². The van der Waals surface area contributed by atoms with Crippen molar-refractivity contribution in [3.8, 4) is 11.5 Å². The number of benzene rings is 1. The Bertz CT molecular complexity index is 470. The van der Waals surface area contributed by atoms with E-state index in [-0.39, 0.29) is 11.4 Å². The maximum absolute atomic E-state index is 12.2. The molecule has 0 aliphatic heterocycles. The van der Waals surface area contributed by atoms with E-state index in [1.165, 1.54) is 7.11 Å². The molecule has 0 aromatic heterocycles. The van der Waals surface area contributed by atoms with Gasteiger partial charge >= 0.3 is 0 Å². The Morgan fingerprint density at radius 3 is 2.63 bits per heavy atom. The quantitative estimate of drug-likeness (QED) is 0.841. The zero-order valence-corrected chi connectivity index (χ0v) is 11.4. The largest absolute Gasteiger partial charge is 0.493 e. The smallest absolute Gasteiger partial charge is 0.255 e. The van der Waals surface area contributed by atoms with Crippen molar-refractivity contribution in [3.05, 3.63) is 23.8 Å². The first-order valence-corrected chi connectivity index (χ1v) is 6.38. The molecular weight excluding hydrogens is 244 g/mol. The summed E-state index contributed by atoms with van der Waals surface area (Å²) in [7, 11) is 3.06. The van der Waals surface area contributed by atoms with Gasteiger partial charge in [-0.1, -0.05) is 6.07 Å². The summed E-state index contributed by atoms with van der Waals surface area (Å²) < 4.78 is 10.4. The molecule has 0 radical (unpaired) electrons. The second kappa shape index (κ2) is 5.48. The van der Waals surface area contributed by atoms with Crippen LogP contribution >= 0.6 is 0 Å². The van der Waals surface area contributed by atoms with E-state index in [0.717, 1.165) is 19.3 Å². The highest BCUT2D eigenvalue weighted by Crippen LogP contribution is 2.31. The fourth-order valence-electron chi connectivity index (χ4n) is 2.23. The van der Waals surface area contributed by atoms with Gasteiger partial charge in [-0.25, -0.2) is 0 Å². The van der Waals surface area contributed by atoms with E-state index in [1.807, 2.05) is 0 Å². The molecule has 1 aliphatic rings. The van der Waals surface area contributed by atoms with Gasteiger partial charge in [0.1, 0.15) is 0 Å². The van der Waals surface area contributed by atoms with Gasteiger partial charge in [0.05, 0.1) is 19.8 Å². The third-order valence-corrected chi connectivity index (χ3v) is 3.60. The van der Waals surface area contributed by atoms with Crippen molar-refractivity contribution < 1.29 is 14.3 Å². The highest BCUT2D eigenvalue weighted by Gasteiger charge is 2.33. The Kier molecular flexibility index (Phi) is 3.95. The molecule has 5 heteroatoms. The van der Waals surface area contributed by atoms with Crippen molar-refractivity contribution in [2.75, 3.05) is 20.8 Å². The molecule has 1 fully saturated rings. The lowest BCUT2D eigenvalue weighted by Gasteiger charge is -2.38. The van der Waals surface area contributed by atoms with Crippen LogP contribution in [-0.4, -0.2) is 32.2 Å². The third kappa shape index (κ3) is 2.81. The first-order valence-electron chi connectivity index (χ1n) is 6.38. The number of methoxy groups -OCH3 is 2. The molecule has 0 spiro atoms. The summed E-state index contributed by atoms with van der Waals surface area (Å²) in [5, 5.41) is 2.87. The minimum absolute atomic E-state index is 0.188. The van der Waals surface area contributed by atoms with E-state index < -0.39 is 0 Å². The van der Waals surface area contributed by atoms with E-state index >= 15 is 0 Å². The lowest BCUT2D eigenvalue weighted by atomic mass is 9.78. The molecule has 0 atom stereocenters. The fourth-order valence-corrected chi connectivity index (χ4v) is 2.23. The number of hydrogen-bond donors (Lipinski definition) is 2. The fraction of sp³-hybridized carbons (Fsp3) is 0.500. The van der Waals surface area contributed by atoms with E-state index in [2.05, 4.69) is 5.32 Å². The Hall–Kier alpha value is -1.75. The van der Waals surface area contributed by atoms with Crippen LogP contribution in [0, 0.1) is 0 Å². The monoisotopic (exact) mass is 264 g/mol. The average molecular weight is 264 g/mol. The summed E-state index contributed by atoms with van der Waals surface area (Å²) in [6.07, 6.45) is 3.06. The van der Waals surface area contributed by atoms with Crippen LogP contribution in [0.1, 0.15) is 29.6 Å². The molecule has 1 aromatic carbocycles. The zero-order valence-electron chi connectivity index (χ0n) is 11.4. The summed E-state index contributed by atoms with van der Waals surface area (Å²) in [6, 6.07) is 5.23. The van der Waals surface area contributed by atoms with Gasteiger partial charge in [-0.15, -0.1) is 0 Å². The first-order chi connectivity index (χ1) is 9.09. The van der Waals surface area contributed by atoms with Gasteiger partial charge < -0.3 is 20.5 Å². The van der Waals surface area contributed by atoms with E-state index in [0.29, 0.717) is 23.6 Å². The molecule has 0 saturated heterocycles. The molecule has 5 nitrogen and oxygen atoms in total. The molecule has 0 unspecified atom stereocenters. The maximum Gasteiger partial charge on any atom is 0.255 e. The number of amides is 1. The molecule has 1 amide bonds. The highest BCUT2D eigenvalue weighted by molar-refractivity contribution is 5.97. The Balaban J connectivity index is 2.10. The summed E-state index contributed by atoms with van der Waals surface area (Å²) in [6.45, 7) is 0.492. The predicted octanol–water partition coefficient (Wildman–Crippen LogP) is 1.31. The SMILES string of the molecule is COc1cccc(C(=O)NCC2(N)CCC2)c1OC. The Morgan fingerprint density at radius 2 is 2.11 bits per heavy atom. The second-order valence-electron chi connectivity index (χ2n) is 4.94. The molecule has 0 heterocycles. The van der Waals surface area contributed by atoms with Crippen LogP contribution in [0.4, 0.5) is 0 Å². The first kappa shape index (κ1) is 13.7. The van der Waals surface area contributed by atoms with Gasteiger partial charge in [-0.3, -0.25) is 4.79 Å². The maximum atomic E-state index is 12.2. The number of hydrogen-bond acceptors (Lipinski definition) is 4. The van der Waals surface area contributed by atoms with Gasteiger partial charge in [-0.2, -0.15) is 0 Å². The summed E-state index contributed by atoms with van der Waals surface area (Å²) in [5.74, 6) is 0.802. The van der Waals surface area contributed by atoms with Crippen molar-refractivity contribution in [2.45, 2.75) is 24.8 Å². The number of para-hydroxylation sites is 1. The number of nitrogens with one attached hydrogen (secondary N) is 1. The van der Waals surface area contributed by atoms with Gasteiger partial charge in [0.2, 0.25) is 0 Å². The third-order valence-electron chi connectivity index (χ3n) is 3.60. The lowest BCUT2D eigenvalue weighted by Crippen LogP contribution is -2.54. The van der Waals surface area contributed by atoms with Crippen LogP contribution in [0.25, 0.3) is 0 Å². The van der Waals surface area contributed by atoms with Gasteiger partial charge in [0.25, 0.3) is 5.91 Å². The van der Waals surface area contributed by atoms with Gasteiger partial charge in [0, 0.05) is 12.1 Å². The van der Waals surface area contributed by atoms with Crippen LogP contribution in [0.5, 0.6) is 11.5 Å². The lowest BCUT2D eigenvalue weighted by molar-refractivity contribution is 0.0926. The summed E-state index contributed by atoms with van der Waals surface area (Å²) in [4.78, 5) is 12.2. The summed E-state index contributed by atoms with van der Waals surface area (Å²) in [5.41, 5.74) is 6.31. The molecule has 104 valence electrons. The minimum Gasteiger partial charge on any atom is -0.493 e. The van der Waals surface area contributed by atoms with Crippen molar-refractivity contribution in [2.24, 2.45) is 5.73 Å². The number of nitrogens with two attached hydrogens (primary N) is 1. The molecule has 1 saturated carbocycles. The van der Waals surface area contributed by atoms with Crippen molar-refractivity contribution in [1.29, 1.82) is 0 Å². The normalized spacial score (nSPS) is 16.4. The van der Waals surface area contributed by atoms with Crippen molar-refractivity contribution in [3.63, 3.8) is 0 Å². The van der Waals surface area contributed by atoms with Gasteiger partial charge in [-0.05, 0) is 31.4 Å². The Morgan fingerprint density at radius 1 is 1.37 bits per heavy atom. The van der Waals surface area contributed by atoms with Crippen LogP contribution in [0.2, 0.25) is 0 Å². The number of carbonyl (C=O) groups excluding carboxylic acids is 1. The average Bonchev–Trinajstić information content (AvgIpc) is 2.41. The number of carbonyl (C=O) groups is 1. The second-order valence-corrected chi connectivity index (χ2v) is 4.94. The predicted molar refractivity (Wildman–Crippen MR) is 72.6 cm³/mol. The number of rotatable bonds is 5. The molecule has 1 aromatic rings. The van der Waals surface area contributed by atoms with Crippen LogP contribution < -0.4 is 20.5 Å².